The first-order chi connectivity index (χ1) is 7.24. The van der Waals surface area contributed by atoms with E-state index in [-0.39, 0.29) is 0 Å². The van der Waals surface area contributed by atoms with E-state index in [1.807, 2.05) is 6.92 Å². The Labute approximate surface area is 95.1 Å². The van der Waals surface area contributed by atoms with Crippen LogP contribution in [0.15, 0.2) is 10.2 Å². The first-order valence-corrected chi connectivity index (χ1v) is 4.94. The van der Waals surface area contributed by atoms with Gasteiger partial charge in [0.25, 0.3) is 0 Å². The van der Waals surface area contributed by atoms with Gasteiger partial charge in [0.2, 0.25) is 0 Å². The number of nitrogens with one attached hydrogen (secondary N) is 3. The molecule has 0 aromatic rings. The van der Waals surface area contributed by atoms with E-state index in [4.69, 9.17) is 17.0 Å². The zero-order valence-electron chi connectivity index (χ0n) is 9.20. The van der Waals surface area contributed by atoms with E-state index in [9.17, 15) is 0 Å². The molecule has 0 aromatic carbocycles. The lowest BCUT2D eigenvalue weighted by Gasteiger charge is -2.03. The third kappa shape index (κ3) is 7.83. The number of thiocarbonyl (C=S) groups is 1. The van der Waals surface area contributed by atoms with Crippen LogP contribution in [0.25, 0.3) is 0 Å². The SMILES string of the molecule is CCNC(=S)N/N=C/C(COC)=N/NC. The van der Waals surface area contributed by atoms with Gasteiger partial charge in [-0.3, -0.25) is 5.43 Å². The van der Waals surface area contributed by atoms with E-state index in [0.29, 0.717) is 17.4 Å². The second-order valence-electron chi connectivity index (χ2n) is 2.49. The Hall–Kier alpha value is -1.21. The van der Waals surface area contributed by atoms with E-state index in [0.717, 1.165) is 6.54 Å². The predicted octanol–water partition coefficient (Wildman–Crippen LogP) is -0.322. The Kier molecular flexibility index (Phi) is 8.59. The highest BCUT2D eigenvalue weighted by atomic mass is 32.1. The summed E-state index contributed by atoms with van der Waals surface area (Å²) in [4.78, 5) is 0. The molecule has 0 aromatic heterocycles. The van der Waals surface area contributed by atoms with Crippen LogP contribution in [0.4, 0.5) is 0 Å². The quantitative estimate of drug-likeness (QED) is 0.332. The first-order valence-electron chi connectivity index (χ1n) is 4.53. The molecular formula is C8H17N5OS. The van der Waals surface area contributed by atoms with Crippen molar-refractivity contribution in [3.63, 3.8) is 0 Å². The van der Waals surface area contributed by atoms with Crippen LogP contribution in [0, 0.1) is 0 Å². The van der Waals surface area contributed by atoms with Crippen molar-refractivity contribution < 1.29 is 4.74 Å². The highest BCUT2D eigenvalue weighted by Crippen LogP contribution is 1.75. The number of hydrogen-bond acceptors (Lipinski definition) is 5. The zero-order valence-corrected chi connectivity index (χ0v) is 10.0. The van der Waals surface area contributed by atoms with Crippen molar-refractivity contribution in [3.8, 4) is 0 Å². The predicted molar refractivity (Wildman–Crippen MR) is 66.3 cm³/mol. The third-order valence-corrected chi connectivity index (χ3v) is 1.50. The highest BCUT2D eigenvalue weighted by molar-refractivity contribution is 7.80. The summed E-state index contributed by atoms with van der Waals surface area (Å²) in [7, 11) is 3.30. The molecule has 0 rings (SSSR count). The molecular weight excluding hydrogens is 214 g/mol. The van der Waals surface area contributed by atoms with E-state index in [1.54, 1.807) is 20.4 Å². The molecule has 0 aliphatic heterocycles. The third-order valence-electron chi connectivity index (χ3n) is 1.26. The summed E-state index contributed by atoms with van der Waals surface area (Å²) < 4.78 is 4.92. The lowest BCUT2D eigenvalue weighted by Crippen LogP contribution is -2.32. The Morgan fingerprint density at radius 1 is 1.53 bits per heavy atom. The molecule has 0 heterocycles. The van der Waals surface area contributed by atoms with Crippen LogP contribution in [0.3, 0.4) is 0 Å². The van der Waals surface area contributed by atoms with E-state index < -0.39 is 0 Å². The van der Waals surface area contributed by atoms with Crippen LogP contribution < -0.4 is 16.2 Å². The maximum atomic E-state index is 4.92. The molecule has 0 amide bonds. The van der Waals surface area contributed by atoms with Crippen LogP contribution in [0.1, 0.15) is 6.92 Å². The topological polar surface area (TPSA) is 70.0 Å². The normalized spacial score (nSPS) is 11.5. The Balaban J connectivity index is 4.00. The molecule has 0 spiro atoms. The lowest BCUT2D eigenvalue weighted by molar-refractivity contribution is 0.246. The molecule has 3 N–H and O–H groups in total. The monoisotopic (exact) mass is 231 g/mol. The molecule has 0 aliphatic rings. The average molecular weight is 231 g/mol. The summed E-state index contributed by atoms with van der Waals surface area (Å²) in [5, 5.41) is 11.2. The largest absolute Gasteiger partial charge is 0.378 e. The number of hydrazone groups is 2. The minimum atomic E-state index is 0.389. The molecule has 7 heteroatoms. The maximum Gasteiger partial charge on any atom is 0.186 e. The van der Waals surface area contributed by atoms with Gasteiger partial charge in [-0.2, -0.15) is 10.2 Å². The minimum Gasteiger partial charge on any atom is -0.378 e. The molecule has 15 heavy (non-hydrogen) atoms. The Morgan fingerprint density at radius 3 is 2.80 bits per heavy atom. The highest BCUT2D eigenvalue weighted by Gasteiger charge is 1.94. The summed E-state index contributed by atoms with van der Waals surface area (Å²) in [6.45, 7) is 3.10. The fraction of sp³-hybridized carbons (Fsp3) is 0.625. The van der Waals surface area contributed by atoms with Crippen molar-refractivity contribution in [1.29, 1.82) is 0 Å². The molecule has 0 bridgehead atoms. The lowest BCUT2D eigenvalue weighted by atomic mass is 10.4. The standard InChI is InChI=1S/C8H17N5OS/c1-4-10-8(15)13-11-5-7(6-14-3)12-9-2/h5,9H,4,6H2,1-3H3,(H2,10,13,15)/b11-5+,12-7-. The van der Waals surface area contributed by atoms with Crippen LogP contribution in [-0.2, 0) is 4.74 Å². The fourth-order valence-corrected chi connectivity index (χ4v) is 0.952. The van der Waals surface area contributed by atoms with Gasteiger partial charge in [0, 0.05) is 20.7 Å². The van der Waals surface area contributed by atoms with Crippen molar-refractivity contribution in [1.82, 2.24) is 16.2 Å². The first kappa shape index (κ1) is 13.8. The van der Waals surface area contributed by atoms with Crippen LogP contribution >= 0.6 is 12.2 Å². The van der Waals surface area contributed by atoms with Gasteiger partial charge in [0.05, 0.1) is 12.8 Å². The fourth-order valence-electron chi connectivity index (χ4n) is 0.755. The molecule has 6 nitrogen and oxygen atoms in total. The van der Waals surface area contributed by atoms with Crippen molar-refractivity contribution in [2.75, 3.05) is 27.3 Å². The molecule has 0 unspecified atom stereocenters. The van der Waals surface area contributed by atoms with Gasteiger partial charge in [-0.25, -0.2) is 0 Å². The average Bonchev–Trinajstić information content (AvgIpc) is 2.19. The van der Waals surface area contributed by atoms with Crippen LogP contribution in [0.2, 0.25) is 0 Å². The smallest absolute Gasteiger partial charge is 0.186 e. The van der Waals surface area contributed by atoms with Gasteiger partial charge >= 0.3 is 0 Å². The molecule has 0 atom stereocenters. The van der Waals surface area contributed by atoms with Crippen molar-refractivity contribution in [2.24, 2.45) is 10.2 Å². The number of nitrogens with zero attached hydrogens (tertiary/aromatic N) is 2. The van der Waals surface area contributed by atoms with Crippen molar-refractivity contribution in [2.45, 2.75) is 6.92 Å². The second-order valence-corrected chi connectivity index (χ2v) is 2.90. The van der Waals surface area contributed by atoms with Gasteiger partial charge in [-0.1, -0.05) is 0 Å². The second kappa shape index (κ2) is 9.35. The van der Waals surface area contributed by atoms with E-state index in [2.05, 4.69) is 26.4 Å². The summed E-state index contributed by atoms with van der Waals surface area (Å²) in [5.74, 6) is 0. The molecule has 86 valence electrons. The molecule has 0 aliphatic carbocycles. The van der Waals surface area contributed by atoms with Crippen LogP contribution in [0.5, 0.6) is 0 Å². The summed E-state index contributed by atoms with van der Waals surface area (Å²) in [6.07, 6.45) is 1.55. The maximum absolute atomic E-state index is 4.92. The van der Waals surface area contributed by atoms with Gasteiger partial charge in [-0.05, 0) is 19.1 Å². The molecule has 0 saturated carbocycles. The molecule has 0 saturated heterocycles. The van der Waals surface area contributed by atoms with Gasteiger partial charge < -0.3 is 15.5 Å². The molecule has 0 fully saturated rings. The number of ether oxygens (including phenoxy) is 1. The number of methoxy groups -OCH3 is 1. The van der Waals surface area contributed by atoms with E-state index >= 15 is 0 Å². The molecule has 0 radical (unpaired) electrons. The summed E-state index contributed by atoms with van der Waals surface area (Å²) >= 11 is 4.91. The zero-order chi connectivity index (χ0) is 11.5. The summed E-state index contributed by atoms with van der Waals surface area (Å²) in [6, 6.07) is 0. The van der Waals surface area contributed by atoms with Gasteiger partial charge in [0.1, 0.15) is 5.71 Å². The summed E-state index contributed by atoms with van der Waals surface area (Å²) in [5.41, 5.74) is 5.99. The van der Waals surface area contributed by atoms with E-state index in [1.165, 1.54) is 0 Å². The van der Waals surface area contributed by atoms with Crippen molar-refractivity contribution in [3.05, 3.63) is 0 Å². The Bertz CT molecular complexity index is 241. The minimum absolute atomic E-state index is 0.389. The van der Waals surface area contributed by atoms with Crippen molar-refractivity contribution >= 4 is 29.3 Å². The van der Waals surface area contributed by atoms with Crippen LogP contribution in [-0.4, -0.2) is 44.3 Å². The number of rotatable bonds is 6. The van der Waals surface area contributed by atoms with Gasteiger partial charge in [-0.15, -0.1) is 0 Å². The number of hydrogen-bond donors (Lipinski definition) is 3. The Morgan fingerprint density at radius 2 is 2.27 bits per heavy atom. The van der Waals surface area contributed by atoms with Gasteiger partial charge in [0.15, 0.2) is 5.11 Å².